The van der Waals surface area contributed by atoms with Crippen LogP contribution in [0.2, 0.25) is 0 Å². The lowest BCUT2D eigenvalue weighted by Crippen LogP contribution is -2.49. The Kier molecular flexibility index (Phi) is 5.22. The second-order valence-electron chi connectivity index (χ2n) is 7.84. The van der Waals surface area contributed by atoms with Crippen molar-refractivity contribution in [2.45, 2.75) is 59.6 Å². The number of nitrogens with one attached hydrogen (secondary N) is 1. The monoisotopic (exact) mass is 256 g/mol. The molecule has 0 radical (unpaired) electrons. The first kappa shape index (κ1) is 15.9. The van der Waals surface area contributed by atoms with Gasteiger partial charge in [-0.3, -0.25) is 0 Å². The molecule has 0 saturated carbocycles. The third-order valence-electron chi connectivity index (χ3n) is 3.69. The van der Waals surface area contributed by atoms with Gasteiger partial charge in [-0.2, -0.15) is 0 Å². The first-order chi connectivity index (χ1) is 8.09. The Labute approximate surface area is 113 Å². The molecule has 2 N–H and O–H groups in total. The van der Waals surface area contributed by atoms with Crippen molar-refractivity contribution in [1.29, 1.82) is 0 Å². The molecule has 1 fully saturated rings. The molecule has 0 aromatic carbocycles. The van der Waals surface area contributed by atoms with Crippen LogP contribution in [0.1, 0.15) is 48.0 Å². The maximum absolute atomic E-state index is 9.76. The summed E-state index contributed by atoms with van der Waals surface area (Å²) in [5, 5.41) is 13.4. The van der Waals surface area contributed by atoms with Crippen LogP contribution in [0, 0.1) is 11.3 Å². The highest BCUT2D eigenvalue weighted by atomic mass is 16.3. The van der Waals surface area contributed by atoms with Gasteiger partial charge in [-0.15, -0.1) is 0 Å². The summed E-state index contributed by atoms with van der Waals surface area (Å²) < 4.78 is 0. The van der Waals surface area contributed by atoms with E-state index in [0.717, 1.165) is 32.6 Å². The summed E-state index contributed by atoms with van der Waals surface area (Å²) in [6, 6.07) is 0. The largest absolute Gasteiger partial charge is 0.393 e. The zero-order valence-electron chi connectivity index (χ0n) is 13.1. The minimum Gasteiger partial charge on any atom is -0.393 e. The molecule has 2 atom stereocenters. The number of aliphatic hydroxyl groups excluding tert-OH is 1. The predicted molar refractivity (Wildman–Crippen MR) is 77.8 cm³/mol. The number of hydrogen-bond donors (Lipinski definition) is 2. The lowest BCUT2D eigenvalue weighted by molar-refractivity contribution is 0.0203. The molecule has 0 spiro atoms. The van der Waals surface area contributed by atoms with Crippen LogP contribution in [-0.4, -0.2) is 47.8 Å². The summed E-state index contributed by atoms with van der Waals surface area (Å²) in [7, 11) is 0. The van der Waals surface area contributed by atoms with Gasteiger partial charge in [0.05, 0.1) is 6.10 Å². The maximum Gasteiger partial charge on any atom is 0.0590 e. The van der Waals surface area contributed by atoms with Crippen LogP contribution < -0.4 is 5.32 Å². The minimum atomic E-state index is -0.0999. The van der Waals surface area contributed by atoms with Crippen molar-refractivity contribution in [1.82, 2.24) is 10.2 Å². The highest BCUT2D eigenvalue weighted by Crippen LogP contribution is 2.22. The van der Waals surface area contributed by atoms with Gasteiger partial charge in [0, 0.05) is 31.7 Å². The van der Waals surface area contributed by atoms with Gasteiger partial charge in [-0.05, 0) is 38.5 Å². The molecule has 3 nitrogen and oxygen atoms in total. The number of rotatable bonds is 4. The van der Waals surface area contributed by atoms with E-state index in [1.165, 1.54) is 0 Å². The molecule has 1 aliphatic heterocycles. The number of likely N-dealkylation sites (tertiary alicyclic amines) is 1. The predicted octanol–water partition coefficient (Wildman–Crippen LogP) is 2.10. The van der Waals surface area contributed by atoms with Gasteiger partial charge in [-0.1, -0.05) is 20.8 Å². The smallest absolute Gasteiger partial charge is 0.0590 e. The third-order valence-corrected chi connectivity index (χ3v) is 3.69. The number of aliphatic hydroxyl groups is 1. The summed E-state index contributed by atoms with van der Waals surface area (Å²) in [6.45, 7) is 17.6. The van der Waals surface area contributed by atoms with Crippen molar-refractivity contribution < 1.29 is 5.11 Å². The Morgan fingerprint density at radius 3 is 2.33 bits per heavy atom. The molecule has 0 bridgehead atoms. The Morgan fingerprint density at radius 2 is 1.83 bits per heavy atom. The number of nitrogens with zero attached hydrogens (tertiary/aromatic N) is 1. The van der Waals surface area contributed by atoms with E-state index in [0.29, 0.717) is 5.92 Å². The van der Waals surface area contributed by atoms with Crippen molar-refractivity contribution in [3.8, 4) is 0 Å². The fraction of sp³-hybridized carbons (Fsp3) is 1.00. The van der Waals surface area contributed by atoms with Crippen LogP contribution in [0.5, 0.6) is 0 Å². The van der Waals surface area contributed by atoms with Crippen molar-refractivity contribution in [2.24, 2.45) is 11.3 Å². The fourth-order valence-electron chi connectivity index (χ4n) is 2.53. The molecule has 1 heterocycles. The highest BCUT2D eigenvalue weighted by Gasteiger charge is 2.29. The molecule has 1 aliphatic rings. The standard InChI is InChI=1S/C15H32N2O/c1-12-9-17(8-7-13(12)18)11-15(5,6)10-16-14(2,3)4/h12-13,16,18H,7-11H2,1-6H3. The molecular formula is C15H32N2O. The van der Waals surface area contributed by atoms with Crippen LogP contribution in [0.25, 0.3) is 0 Å². The Morgan fingerprint density at radius 1 is 1.22 bits per heavy atom. The van der Waals surface area contributed by atoms with E-state index in [2.05, 4.69) is 51.8 Å². The van der Waals surface area contributed by atoms with E-state index in [-0.39, 0.29) is 17.1 Å². The molecule has 0 amide bonds. The van der Waals surface area contributed by atoms with Gasteiger partial charge in [-0.25, -0.2) is 0 Å². The Hall–Kier alpha value is -0.120. The maximum atomic E-state index is 9.76. The zero-order chi connectivity index (χ0) is 14.0. The van der Waals surface area contributed by atoms with Gasteiger partial charge >= 0.3 is 0 Å². The van der Waals surface area contributed by atoms with E-state index < -0.39 is 0 Å². The molecule has 1 rings (SSSR count). The van der Waals surface area contributed by atoms with Crippen molar-refractivity contribution in [3.05, 3.63) is 0 Å². The minimum absolute atomic E-state index is 0.0999. The molecule has 0 aromatic rings. The number of piperidine rings is 1. The molecule has 108 valence electrons. The lowest BCUT2D eigenvalue weighted by atomic mass is 9.89. The second kappa shape index (κ2) is 5.89. The SMILES string of the molecule is CC1CN(CC(C)(C)CNC(C)(C)C)CCC1O. The topological polar surface area (TPSA) is 35.5 Å². The summed E-state index contributed by atoms with van der Waals surface area (Å²) in [4.78, 5) is 2.50. The van der Waals surface area contributed by atoms with Crippen LogP contribution in [0.15, 0.2) is 0 Å². The molecule has 2 unspecified atom stereocenters. The van der Waals surface area contributed by atoms with E-state index in [9.17, 15) is 5.11 Å². The van der Waals surface area contributed by atoms with E-state index in [1.54, 1.807) is 0 Å². The second-order valence-corrected chi connectivity index (χ2v) is 7.84. The van der Waals surface area contributed by atoms with Gasteiger partial charge in [0.1, 0.15) is 0 Å². The molecule has 18 heavy (non-hydrogen) atoms. The van der Waals surface area contributed by atoms with Crippen LogP contribution in [0.4, 0.5) is 0 Å². The molecule has 0 aromatic heterocycles. The molecule has 0 aliphatic carbocycles. The normalized spacial score (nSPS) is 27.5. The number of hydrogen-bond acceptors (Lipinski definition) is 3. The van der Waals surface area contributed by atoms with Gasteiger partial charge < -0.3 is 15.3 Å². The van der Waals surface area contributed by atoms with Crippen molar-refractivity contribution in [2.75, 3.05) is 26.2 Å². The molecular weight excluding hydrogens is 224 g/mol. The van der Waals surface area contributed by atoms with E-state index in [1.807, 2.05) is 0 Å². The summed E-state index contributed by atoms with van der Waals surface area (Å²) in [5.41, 5.74) is 0.456. The molecule has 1 saturated heterocycles. The van der Waals surface area contributed by atoms with Crippen LogP contribution in [-0.2, 0) is 0 Å². The van der Waals surface area contributed by atoms with Gasteiger partial charge in [0.2, 0.25) is 0 Å². The summed E-state index contributed by atoms with van der Waals surface area (Å²) in [5.74, 6) is 0.408. The van der Waals surface area contributed by atoms with Crippen molar-refractivity contribution >= 4 is 0 Å². The van der Waals surface area contributed by atoms with Gasteiger partial charge in [0.15, 0.2) is 0 Å². The van der Waals surface area contributed by atoms with Crippen LogP contribution >= 0.6 is 0 Å². The first-order valence-electron chi connectivity index (χ1n) is 7.24. The molecule has 3 heteroatoms. The average Bonchev–Trinajstić information content (AvgIpc) is 2.20. The first-order valence-corrected chi connectivity index (χ1v) is 7.24. The third kappa shape index (κ3) is 5.68. The quantitative estimate of drug-likeness (QED) is 0.808. The van der Waals surface area contributed by atoms with E-state index in [4.69, 9.17) is 0 Å². The lowest BCUT2D eigenvalue weighted by Gasteiger charge is -2.40. The Bertz CT molecular complexity index is 258. The van der Waals surface area contributed by atoms with Gasteiger partial charge in [0.25, 0.3) is 0 Å². The average molecular weight is 256 g/mol. The highest BCUT2D eigenvalue weighted by molar-refractivity contribution is 4.84. The summed E-state index contributed by atoms with van der Waals surface area (Å²) in [6.07, 6.45) is 0.821. The zero-order valence-corrected chi connectivity index (χ0v) is 13.1. The van der Waals surface area contributed by atoms with E-state index >= 15 is 0 Å². The summed E-state index contributed by atoms with van der Waals surface area (Å²) >= 11 is 0. The fourth-order valence-corrected chi connectivity index (χ4v) is 2.53. The van der Waals surface area contributed by atoms with Crippen LogP contribution in [0.3, 0.4) is 0 Å². The van der Waals surface area contributed by atoms with Crippen molar-refractivity contribution in [3.63, 3.8) is 0 Å². The Balaban J connectivity index is 2.40.